The normalized spacial score (nSPS) is 14.6. The Labute approximate surface area is 208 Å². The Morgan fingerprint density at radius 3 is 2.71 bits per heavy atom. The van der Waals surface area contributed by atoms with Gasteiger partial charge in [0.25, 0.3) is 0 Å². The Kier molecular flexibility index (Phi) is 8.01. The summed E-state index contributed by atoms with van der Waals surface area (Å²) in [6.45, 7) is 1.39. The molecule has 3 aromatic rings. The number of halogens is 1. The van der Waals surface area contributed by atoms with Gasteiger partial charge in [0.05, 0.1) is 36.8 Å². The zero-order chi connectivity index (χ0) is 24.8. The van der Waals surface area contributed by atoms with Gasteiger partial charge in [-0.1, -0.05) is 28.9 Å². The number of carbonyl (C=O) groups is 1. The van der Waals surface area contributed by atoms with Crippen molar-refractivity contribution in [1.29, 1.82) is 0 Å². The number of amides is 1. The van der Waals surface area contributed by atoms with Crippen molar-refractivity contribution in [3.8, 4) is 17.1 Å². The molecule has 0 unspecified atom stereocenters. The van der Waals surface area contributed by atoms with Gasteiger partial charge in [-0.2, -0.15) is 9.29 Å². The first-order valence-electron chi connectivity index (χ1n) is 11.0. The number of hydrogen-bond donors (Lipinski definition) is 1. The molecule has 0 aliphatic carbocycles. The number of aromatic nitrogens is 2. The maximum Gasteiger partial charge on any atom is 0.246 e. The minimum absolute atomic E-state index is 0.0544. The summed E-state index contributed by atoms with van der Waals surface area (Å²) in [6, 6.07) is 11.8. The van der Waals surface area contributed by atoms with E-state index < -0.39 is 10.0 Å². The van der Waals surface area contributed by atoms with E-state index in [9.17, 15) is 13.2 Å². The summed E-state index contributed by atoms with van der Waals surface area (Å²) >= 11 is 6.16. The maximum absolute atomic E-state index is 13.0. The number of benzene rings is 2. The summed E-state index contributed by atoms with van der Waals surface area (Å²) in [5, 5.41) is 7.13. The summed E-state index contributed by atoms with van der Waals surface area (Å²) in [5.41, 5.74) is 1.25. The van der Waals surface area contributed by atoms with Gasteiger partial charge in [-0.3, -0.25) is 4.79 Å². The molecule has 0 bridgehead atoms. The lowest BCUT2D eigenvalue weighted by molar-refractivity contribution is -0.121. The number of sulfonamides is 1. The second-order valence-corrected chi connectivity index (χ2v) is 10.1. The molecule has 4 rings (SSSR count). The fourth-order valence-electron chi connectivity index (χ4n) is 3.64. The van der Waals surface area contributed by atoms with Gasteiger partial charge in [0.1, 0.15) is 5.75 Å². The number of nitrogens with one attached hydrogen (secondary N) is 1. The van der Waals surface area contributed by atoms with E-state index in [4.69, 9.17) is 25.6 Å². The van der Waals surface area contributed by atoms with Crippen molar-refractivity contribution in [3.05, 3.63) is 58.9 Å². The molecule has 12 heteroatoms. The van der Waals surface area contributed by atoms with Crippen LogP contribution in [0.3, 0.4) is 0 Å². The molecular weight excluding hydrogens is 496 g/mol. The molecule has 186 valence electrons. The van der Waals surface area contributed by atoms with Crippen molar-refractivity contribution in [2.45, 2.75) is 24.3 Å². The Balaban J connectivity index is 1.37. The van der Waals surface area contributed by atoms with Gasteiger partial charge in [-0.25, -0.2) is 8.42 Å². The standard InChI is InChI=1S/C23H25ClN4O6S/c1-32-20-8-7-17(35(30,31)28-10-12-33-13-11-28)14-16(20)6-9-21(29)25-15-22-26-23(27-34-22)18-4-2-3-5-19(18)24/h2-5,7-8,14H,6,9-13,15H2,1H3,(H,25,29). The van der Waals surface area contributed by atoms with Crippen LogP contribution >= 0.6 is 11.6 Å². The number of hydrogen-bond acceptors (Lipinski definition) is 8. The lowest BCUT2D eigenvalue weighted by Crippen LogP contribution is -2.40. The van der Waals surface area contributed by atoms with Crippen LogP contribution in [-0.2, 0) is 32.5 Å². The number of ether oxygens (including phenoxy) is 2. The van der Waals surface area contributed by atoms with E-state index in [1.165, 1.54) is 17.5 Å². The molecule has 1 fully saturated rings. The van der Waals surface area contributed by atoms with Gasteiger partial charge < -0.3 is 19.3 Å². The SMILES string of the molecule is COc1ccc(S(=O)(=O)N2CCOCC2)cc1CCC(=O)NCc1nc(-c2ccccc2Cl)no1. The van der Waals surface area contributed by atoms with Gasteiger partial charge in [0.15, 0.2) is 0 Å². The number of rotatable bonds is 9. The van der Waals surface area contributed by atoms with Crippen molar-refractivity contribution in [2.24, 2.45) is 0 Å². The number of morpholine rings is 1. The fraction of sp³-hybridized carbons (Fsp3) is 0.348. The Morgan fingerprint density at radius 1 is 1.20 bits per heavy atom. The zero-order valence-electron chi connectivity index (χ0n) is 19.1. The smallest absolute Gasteiger partial charge is 0.246 e. The van der Waals surface area contributed by atoms with Gasteiger partial charge in [0.2, 0.25) is 27.6 Å². The highest BCUT2D eigenvalue weighted by Crippen LogP contribution is 2.27. The highest BCUT2D eigenvalue weighted by Gasteiger charge is 2.27. The third kappa shape index (κ3) is 5.99. The number of methoxy groups -OCH3 is 1. The minimum Gasteiger partial charge on any atom is -0.496 e. The third-order valence-corrected chi connectivity index (χ3v) is 7.72. The highest BCUT2D eigenvalue weighted by atomic mass is 35.5. The van der Waals surface area contributed by atoms with Crippen LogP contribution in [0, 0.1) is 0 Å². The van der Waals surface area contributed by atoms with Crippen LogP contribution < -0.4 is 10.1 Å². The Bertz CT molecular complexity index is 1290. The van der Waals surface area contributed by atoms with Crippen LogP contribution in [0.25, 0.3) is 11.4 Å². The van der Waals surface area contributed by atoms with Crippen molar-refractivity contribution in [2.75, 3.05) is 33.4 Å². The van der Waals surface area contributed by atoms with Gasteiger partial charge in [0, 0.05) is 25.1 Å². The molecule has 0 saturated carbocycles. The lowest BCUT2D eigenvalue weighted by atomic mass is 10.1. The Morgan fingerprint density at radius 2 is 1.97 bits per heavy atom. The summed E-state index contributed by atoms with van der Waals surface area (Å²) in [5.74, 6) is 0.832. The van der Waals surface area contributed by atoms with Crippen molar-refractivity contribution in [1.82, 2.24) is 19.8 Å². The van der Waals surface area contributed by atoms with Crippen molar-refractivity contribution < 1.29 is 27.2 Å². The average Bonchev–Trinajstić information content (AvgIpc) is 3.35. The molecule has 1 saturated heterocycles. The first kappa shape index (κ1) is 25.1. The number of carbonyl (C=O) groups excluding carboxylic acids is 1. The van der Waals surface area contributed by atoms with Gasteiger partial charge in [-0.05, 0) is 42.3 Å². The predicted molar refractivity (Wildman–Crippen MR) is 127 cm³/mol. The first-order valence-corrected chi connectivity index (χ1v) is 12.8. The van der Waals surface area contributed by atoms with Crippen molar-refractivity contribution >= 4 is 27.5 Å². The van der Waals surface area contributed by atoms with Crippen LogP contribution in [0.15, 0.2) is 51.9 Å². The molecule has 2 heterocycles. The Hall–Kier alpha value is -2.99. The predicted octanol–water partition coefficient (Wildman–Crippen LogP) is 2.67. The van der Waals surface area contributed by atoms with Crippen molar-refractivity contribution in [3.63, 3.8) is 0 Å². The molecule has 0 atom stereocenters. The van der Waals surface area contributed by atoms with E-state index >= 15 is 0 Å². The lowest BCUT2D eigenvalue weighted by Gasteiger charge is -2.26. The van der Waals surface area contributed by atoms with E-state index in [0.29, 0.717) is 54.0 Å². The molecule has 1 N–H and O–H groups in total. The topological polar surface area (TPSA) is 124 Å². The monoisotopic (exact) mass is 520 g/mol. The van der Waals surface area contributed by atoms with E-state index in [-0.39, 0.29) is 36.1 Å². The van der Waals surface area contributed by atoms with Gasteiger partial charge in [-0.15, -0.1) is 0 Å². The van der Waals surface area contributed by atoms with Crippen LogP contribution in [0.2, 0.25) is 5.02 Å². The van der Waals surface area contributed by atoms with E-state index in [1.54, 1.807) is 30.3 Å². The van der Waals surface area contributed by atoms with E-state index in [0.717, 1.165) is 0 Å². The largest absolute Gasteiger partial charge is 0.496 e. The average molecular weight is 521 g/mol. The minimum atomic E-state index is -3.66. The third-order valence-electron chi connectivity index (χ3n) is 5.50. The molecule has 1 aliphatic heterocycles. The van der Waals surface area contributed by atoms with Crippen LogP contribution in [0.1, 0.15) is 17.9 Å². The summed E-state index contributed by atoms with van der Waals surface area (Å²) < 4.78 is 43.2. The molecule has 1 amide bonds. The molecule has 0 spiro atoms. The van der Waals surface area contributed by atoms with Crippen LogP contribution in [0.4, 0.5) is 0 Å². The highest BCUT2D eigenvalue weighted by molar-refractivity contribution is 7.89. The first-order chi connectivity index (χ1) is 16.9. The molecule has 1 aromatic heterocycles. The molecule has 35 heavy (non-hydrogen) atoms. The molecule has 2 aromatic carbocycles. The molecular formula is C23H25ClN4O6S. The van der Waals surface area contributed by atoms with E-state index in [2.05, 4.69) is 15.5 Å². The zero-order valence-corrected chi connectivity index (χ0v) is 20.6. The summed E-state index contributed by atoms with van der Waals surface area (Å²) in [4.78, 5) is 16.9. The fourth-order valence-corrected chi connectivity index (χ4v) is 5.32. The van der Waals surface area contributed by atoms with Gasteiger partial charge >= 0.3 is 0 Å². The summed E-state index contributed by atoms with van der Waals surface area (Å²) in [6.07, 6.45) is 0.402. The quantitative estimate of drug-likeness (QED) is 0.456. The molecule has 10 nitrogen and oxygen atoms in total. The second-order valence-electron chi connectivity index (χ2n) is 7.76. The van der Waals surface area contributed by atoms with Crippen LogP contribution in [0.5, 0.6) is 5.75 Å². The number of nitrogens with zero attached hydrogens (tertiary/aromatic N) is 3. The number of aryl methyl sites for hydroxylation is 1. The second kappa shape index (κ2) is 11.2. The van der Waals surface area contributed by atoms with Crippen LogP contribution in [-0.4, -0.2) is 62.2 Å². The summed E-state index contributed by atoms with van der Waals surface area (Å²) in [7, 11) is -2.16. The van der Waals surface area contributed by atoms with E-state index in [1.807, 2.05) is 6.07 Å². The molecule has 0 radical (unpaired) electrons. The molecule has 1 aliphatic rings. The maximum atomic E-state index is 13.0.